The fourth-order valence-electron chi connectivity index (χ4n) is 5.94. The molecular weight excluding hydrogens is 404 g/mol. The van der Waals surface area contributed by atoms with Crippen molar-refractivity contribution in [2.75, 3.05) is 6.61 Å². The van der Waals surface area contributed by atoms with Gasteiger partial charge in [-0.3, -0.25) is 9.59 Å². The van der Waals surface area contributed by atoms with Gasteiger partial charge >= 0.3 is 23.9 Å². The van der Waals surface area contributed by atoms with Crippen molar-refractivity contribution in [3.05, 3.63) is 12.2 Å². The Balaban J connectivity index is 1.47. The van der Waals surface area contributed by atoms with Gasteiger partial charge in [0.1, 0.15) is 17.8 Å². The van der Waals surface area contributed by atoms with Crippen LogP contribution in [0.15, 0.2) is 12.2 Å². The summed E-state index contributed by atoms with van der Waals surface area (Å²) in [7, 11) is 0. The molecule has 170 valence electrons. The Morgan fingerprint density at radius 1 is 1.19 bits per heavy atom. The zero-order valence-corrected chi connectivity index (χ0v) is 18.3. The Morgan fingerprint density at radius 2 is 1.87 bits per heavy atom. The third-order valence-corrected chi connectivity index (χ3v) is 7.56. The average molecular weight is 434 g/mol. The molecule has 8 nitrogen and oxygen atoms in total. The van der Waals surface area contributed by atoms with Crippen LogP contribution in [-0.4, -0.2) is 48.3 Å². The summed E-state index contributed by atoms with van der Waals surface area (Å²) in [5, 5.41) is 0. The first kappa shape index (κ1) is 21.8. The van der Waals surface area contributed by atoms with Crippen LogP contribution in [0.1, 0.15) is 52.9 Å². The van der Waals surface area contributed by atoms with Crippen molar-refractivity contribution >= 4 is 23.9 Å². The molecule has 4 aliphatic rings. The first-order valence-corrected chi connectivity index (χ1v) is 11.1. The highest BCUT2D eigenvalue weighted by Gasteiger charge is 2.70. The number of hydrogen-bond donors (Lipinski definition) is 0. The maximum absolute atomic E-state index is 13.3. The summed E-state index contributed by atoms with van der Waals surface area (Å²) >= 11 is 0. The molecule has 0 radical (unpaired) electrons. The molecule has 3 aliphatic carbocycles. The number of hydrogen-bond acceptors (Lipinski definition) is 8. The SMILES string of the molecule is C=C(C)C(=O)OCC(=O)OC1C2CC3C1OC(=O)C3C2C(=O)OC1(C(C)C)CCCC1. The molecule has 4 rings (SSSR count). The van der Waals surface area contributed by atoms with Crippen molar-refractivity contribution < 1.29 is 38.1 Å². The summed E-state index contributed by atoms with van der Waals surface area (Å²) in [6, 6.07) is 0. The second-order valence-electron chi connectivity index (χ2n) is 9.68. The molecule has 6 unspecified atom stereocenters. The lowest BCUT2D eigenvalue weighted by atomic mass is 9.78. The third-order valence-electron chi connectivity index (χ3n) is 7.56. The molecule has 6 atom stereocenters. The van der Waals surface area contributed by atoms with Gasteiger partial charge in [0, 0.05) is 17.4 Å². The summed E-state index contributed by atoms with van der Waals surface area (Å²) in [5.74, 6) is -3.78. The number of fused-ring (bicyclic) bond motifs is 1. The smallest absolute Gasteiger partial charge is 0.344 e. The van der Waals surface area contributed by atoms with Gasteiger partial charge in [-0.15, -0.1) is 0 Å². The highest BCUT2D eigenvalue weighted by Crippen LogP contribution is 2.59. The molecule has 3 saturated carbocycles. The third kappa shape index (κ3) is 3.64. The van der Waals surface area contributed by atoms with Crippen LogP contribution >= 0.6 is 0 Å². The van der Waals surface area contributed by atoms with Gasteiger partial charge in [0.15, 0.2) is 6.61 Å². The topological polar surface area (TPSA) is 105 Å². The maximum atomic E-state index is 13.3. The van der Waals surface area contributed by atoms with Crippen molar-refractivity contribution in [1.29, 1.82) is 0 Å². The molecule has 1 aliphatic heterocycles. The molecule has 1 saturated heterocycles. The van der Waals surface area contributed by atoms with E-state index in [1.807, 2.05) is 0 Å². The fourth-order valence-corrected chi connectivity index (χ4v) is 5.94. The van der Waals surface area contributed by atoms with Gasteiger partial charge in [-0.25, -0.2) is 9.59 Å². The lowest BCUT2D eigenvalue weighted by molar-refractivity contribution is -0.180. The molecule has 0 aromatic heterocycles. The van der Waals surface area contributed by atoms with Crippen LogP contribution in [0, 0.1) is 29.6 Å². The zero-order chi connectivity index (χ0) is 22.5. The van der Waals surface area contributed by atoms with Gasteiger partial charge in [-0.1, -0.05) is 20.4 Å². The first-order valence-electron chi connectivity index (χ1n) is 11.1. The number of ether oxygens (including phenoxy) is 4. The number of rotatable bonds is 7. The largest absolute Gasteiger partial charge is 0.459 e. The van der Waals surface area contributed by atoms with Crippen molar-refractivity contribution in [2.24, 2.45) is 29.6 Å². The Morgan fingerprint density at radius 3 is 2.48 bits per heavy atom. The van der Waals surface area contributed by atoms with Gasteiger partial charge in [-0.2, -0.15) is 0 Å². The predicted molar refractivity (Wildman–Crippen MR) is 106 cm³/mol. The van der Waals surface area contributed by atoms with Gasteiger partial charge in [-0.05, 0) is 44.9 Å². The minimum absolute atomic E-state index is 0.163. The van der Waals surface area contributed by atoms with Crippen molar-refractivity contribution in [3.63, 3.8) is 0 Å². The molecule has 0 N–H and O–H groups in total. The summed E-state index contributed by atoms with van der Waals surface area (Å²) in [5.41, 5.74) is -0.321. The van der Waals surface area contributed by atoms with E-state index in [2.05, 4.69) is 20.4 Å². The van der Waals surface area contributed by atoms with Crippen LogP contribution in [0.3, 0.4) is 0 Å². The monoisotopic (exact) mass is 434 g/mol. The quantitative estimate of drug-likeness (QED) is 0.342. The van der Waals surface area contributed by atoms with Crippen LogP contribution < -0.4 is 0 Å². The molecule has 31 heavy (non-hydrogen) atoms. The van der Waals surface area contributed by atoms with Gasteiger partial charge < -0.3 is 18.9 Å². The molecule has 2 bridgehead atoms. The lowest BCUT2D eigenvalue weighted by Crippen LogP contribution is -2.47. The predicted octanol–water partition coefficient (Wildman–Crippen LogP) is 2.34. The van der Waals surface area contributed by atoms with E-state index in [-0.39, 0.29) is 29.3 Å². The van der Waals surface area contributed by atoms with E-state index in [9.17, 15) is 19.2 Å². The maximum Gasteiger partial charge on any atom is 0.344 e. The summed E-state index contributed by atoms with van der Waals surface area (Å²) in [6.45, 7) is 8.48. The van der Waals surface area contributed by atoms with Crippen LogP contribution in [0.4, 0.5) is 0 Å². The van der Waals surface area contributed by atoms with Gasteiger partial charge in [0.05, 0.1) is 11.8 Å². The molecule has 4 fully saturated rings. The van der Waals surface area contributed by atoms with E-state index < -0.39 is 54.2 Å². The van der Waals surface area contributed by atoms with Gasteiger partial charge in [0.2, 0.25) is 0 Å². The molecular formula is C23H30O8. The Kier molecular flexibility index (Phi) is 5.60. The van der Waals surface area contributed by atoms with Crippen molar-refractivity contribution in [2.45, 2.75) is 70.7 Å². The molecule has 1 heterocycles. The second kappa shape index (κ2) is 7.95. The van der Waals surface area contributed by atoms with E-state index in [0.29, 0.717) is 6.42 Å². The molecule has 0 aromatic rings. The van der Waals surface area contributed by atoms with E-state index in [0.717, 1.165) is 25.7 Å². The normalized spacial score (nSPS) is 34.5. The first-order chi connectivity index (χ1) is 14.6. The number of esters is 4. The summed E-state index contributed by atoms with van der Waals surface area (Å²) < 4.78 is 22.0. The van der Waals surface area contributed by atoms with Crippen LogP contribution in [0.25, 0.3) is 0 Å². The fraction of sp³-hybridized carbons (Fsp3) is 0.739. The molecule has 8 heteroatoms. The summed E-state index contributed by atoms with van der Waals surface area (Å²) in [4.78, 5) is 49.6. The van der Waals surface area contributed by atoms with Gasteiger partial charge in [0.25, 0.3) is 0 Å². The Bertz CT molecular complexity index is 808. The zero-order valence-electron chi connectivity index (χ0n) is 18.3. The van der Waals surface area contributed by atoms with Crippen molar-refractivity contribution in [1.82, 2.24) is 0 Å². The summed E-state index contributed by atoms with van der Waals surface area (Å²) in [6.07, 6.45) is 2.94. The Hall–Kier alpha value is -2.38. The van der Waals surface area contributed by atoms with E-state index in [4.69, 9.17) is 18.9 Å². The number of carbonyl (C=O) groups excluding carboxylic acids is 4. The van der Waals surface area contributed by atoms with Crippen LogP contribution in [0.5, 0.6) is 0 Å². The average Bonchev–Trinajstić information content (AvgIpc) is 3.44. The highest BCUT2D eigenvalue weighted by molar-refractivity contribution is 5.89. The molecule has 0 amide bonds. The highest BCUT2D eigenvalue weighted by atomic mass is 16.6. The molecule has 0 aromatic carbocycles. The second-order valence-corrected chi connectivity index (χ2v) is 9.68. The van der Waals surface area contributed by atoms with Crippen LogP contribution in [-0.2, 0) is 38.1 Å². The van der Waals surface area contributed by atoms with E-state index in [1.54, 1.807) is 0 Å². The minimum atomic E-state index is -0.742. The number of carbonyl (C=O) groups is 4. The van der Waals surface area contributed by atoms with Crippen LogP contribution in [0.2, 0.25) is 0 Å². The van der Waals surface area contributed by atoms with E-state index in [1.165, 1.54) is 6.92 Å². The minimum Gasteiger partial charge on any atom is -0.459 e. The molecule has 0 spiro atoms. The lowest BCUT2D eigenvalue weighted by Gasteiger charge is -2.37. The Labute approximate surface area is 181 Å². The standard InChI is InChI=1S/C23H30O8/c1-11(2)20(25)28-10-15(24)29-18-14-9-13-16(21(26)30-19(13)18)17(14)22(27)31-23(12(3)4)7-5-6-8-23/h12-14,16-19H,1,5-10H2,2-4H3. The van der Waals surface area contributed by atoms with E-state index >= 15 is 0 Å². The van der Waals surface area contributed by atoms with Crippen molar-refractivity contribution in [3.8, 4) is 0 Å².